The van der Waals surface area contributed by atoms with Gasteiger partial charge in [0.05, 0.1) is 6.61 Å². The van der Waals surface area contributed by atoms with Gasteiger partial charge in [0.1, 0.15) is 5.75 Å². The van der Waals surface area contributed by atoms with Gasteiger partial charge in [-0.15, -0.1) is 0 Å². The minimum atomic E-state index is 0.271. The Labute approximate surface area is 109 Å². The van der Waals surface area contributed by atoms with Crippen molar-refractivity contribution < 1.29 is 4.74 Å². The van der Waals surface area contributed by atoms with E-state index in [-0.39, 0.29) is 5.54 Å². The maximum absolute atomic E-state index is 5.71. The molecule has 1 aromatic carbocycles. The predicted molar refractivity (Wildman–Crippen MR) is 73.2 cm³/mol. The molecule has 2 atom stereocenters. The molecule has 0 radical (unpaired) electrons. The minimum absolute atomic E-state index is 0.271. The van der Waals surface area contributed by atoms with Crippen LogP contribution in [0.3, 0.4) is 0 Å². The summed E-state index contributed by atoms with van der Waals surface area (Å²) in [5.41, 5.74) is 1.64. The third kappa shape index (κ3) is 2.38. The monoisotopic (exact) mass is 246 g/mol. The lowest BCUT2D eigenvalue weighted by atomic mass is 9.91. The summed E-state index contributed by atoms with van der Waals surface area (Å²) < 4.78 is 5.71. The average molecular weight is 246 g/mol. The number of ether oxygens (including phenoxy) is 1. The molecule has 0 aliphatic carbocycles. The van der Waals surface area contributed by atoms with Crippen molar-refractivity contribution in [2.45, 2.75) is 31.2 Å². The van der Waals surface area contributed by atoms with Crippen molar-refractivity contribution in [2.24, 2.45) is 0 Å². The van der Waals surface area contributed by atoms with E-state index in [0.717, 1.165) is 38.4 Å². The first-order valence-electron chi connectivity index (χ1n) is 6.94. The fourth-order valence-electron chi connectivity index (χ4n) is 2.97. The molecule has 2 aliphatic rings. The fourth-order valence-corrected chi connectivity index (χ4v) is 2.97. The molecule has 0 bridgehead atoms. The van der Waals surface area contributed by atoms with Crippen molar-refractivity contribution >= 4 is 0 Å². The van der Waals surface area contributed by atoms with Crippen LogP contribution in [0.5, 0.6) is 5.75 Å². The van der Waals surface area contributed by atoms with Crippen molar-refractivity contribution in [2.75, 3.05) is 26.2 Å². The quantitative estimate of drug-likeness (QED) is 0.854. The van der Waals surface area contributed by atoms with Crippen LogP contribution in [-0.4, -0.2) is 31.8 Å². The van der Waals surface area contributed by atoms with Gasteiger partial charge in [-0.3, -0.25) is 0 Å². The Balaban J connectivity index is 1.67. The zero-order valence-electron chi connectivity index (χ0n) is 11.0. The van der Waals surface area contributed by atoms with E-state index < -0.39 is 0 Å². The lowest BCUT2D eigenvalue weighted by Gasteiger charge is -2.31. The van der Waals surface area contributed by atoms with E-state index in [2.05, 4.69) is 41.8 Å². The lowest BCUT2D eigenvalue weighted by Crippen LogP contribution is -2.46. The van der Waals surface area contributed by atoms with Crippen LogP contribution in [0.15, 0.2) is 24.3 Å². The molecular formula is C15H22N2O. The van der Waals surface area contributed by atoms with Crippen molar-refractivity contribution in [3.8, 4) is 5.75 Å². The summed E-state index contributed by atoms with van der Waals surface area (Å²) in [5, 5.41) is 7.18. The average Bonchev–Trinajstić information content (AvgIpc) is 2.84. The van der Waals surface area contributed by atoms with Crippen LogP contribution in [0.25, 0.3) is 0 Å². The molecule has 1 saturated heterocycles. The summed E-state index contributed by atoms with van der Waals surface area (Å²) in [5.74, 6) is 1.66. The lowest BCUT2D eigenvalue weighted by molar-refractivity contribution is 0.255. The first-order valence-corrected chi connectivity index (χ1v) is 6.94. The van der Waals surface area contributed by atoms with Crippen LogP contribution < -0.4 is 15.4 Å². The zero-order chi connectivity index (χ0) is 12.4. The maximum atomic E-state index is 5.71. The summed E-state index contributed by atoms with van der Waals surface area (Å²) in [6, 6.07) is 8.45. The largest absolute Gasteiger partial charge is 0.493 e. The summed E-state index contributed by atoms with van der Waals surface area (Å²) >= 11 is 0. The second kappa shape index (κ2) is 4.90. The third-order valence-electron chi connectivity index (χ3n) is 4.23. The second-order valence-electron chi connectivity index (χ2n) is 5.74. The fraction of sp³-hybridized carbons (Fsp3) is 0.600. The molecule has 0 amide bonds. The van der Waals surface area contributed by atoms with Gasteiger partial charge >= 0.3 is 0 Å². The molecule has 18 heavy (non-hydrogen) atoms. The standard InChI is InChI=1S/C15H22N2O/c1-15(7-8-16-11-15)17-10-12-6-9-18-14-5-3-2-4-13(12)14/h2-5,12,16-17H,6-11H2,1H3. The molecule has 2 heterocycles. The molecule has 2 unspecified atom stereocenters. The van der Waals surface area contributed by atoms with Gasteiger partial charge in [-0.25, -0.2) is 0 Å². The molecule has 1 fully saturated rings. The Morgan fingerprint density at radius 2 is 2.33 bits per heavy atom. The van der Waals surface area contributed by atoms with E-state index >= 15 is 0 Å². The molecule has 0 aromatic heterocycles. The maximum Gasteiger partial charge on any atom is 0.122 e. The molecule has 0 saturated carbocycles. The number of para-hydroxylation sites is 1. The van der Waals surface area contributed by atoms with E-state index in [4.69, 9.17) is 4.74 Å². The first-order chi connectivity index (χ1) is 8.77. The molecule has 2 N–H and O–H groups in total. The summed E-state index contributed by atoms with van der Waals surface area (Å²) in [6.07, 6.45) is 2.34. The van der Waals surface area contributed by atoms with Crippen LogP contribution in [0, 0.1) is 0 Å². The second-order valence-corrected chi connectivity index (χ2v) is 5.74. The van der Waals surface area contributed by atoms with Crippen LogP contribution in [0.1, 0.15) is 31.2 Å². The van der Waals surface area contributed by atoms with Crippen molar-refractivity contribution in [3.05, 3.63) is 29.8 Å². The highest BCUT2D eigenvalue weighted by atomic mass is 16.5. The highest BCUT2D eigenvalue weighted by Crippen LogP contribution is 2.33. The molecule has 0 spiro atoms. The van der Waals surface area contributed by atoms with Crippen molar-refractivity contribution in [3.63, 3.8) is 0 Å². The molecule has 3 heteroatoms. The zero-order valence-corrected chi connectivity index (χ0v) is 11.0. The highest BCUT2D eigenvalue weighted by molar-refractivity contribution is 5.38. The number of benzene rings is 1. The SMILES string of the molecule is CC1(NCC2CCOc3ccccc32)CCNC1. The molecule has 3 rings (SSSR count). The number of hydrogen-bond acceptors (Lipinski definition) is 3. The van der Waals surface area contributed by atoms with Crippen molar-refractivity contribution in [1.82, 2.24) is 10.6 Å². The Hall–Kier alpha value is -1.06. The van der Waals surface area contributed by atoms with Gasteiger partial charge in [0.15, 0.2) is 0 Å². The van der Waals surface area contributed by atoms with Gasteiger partial charge in [-0.1, -0.05) is 18.2 Å². The number of fused-ring (bicyclic) bond motifs is 1. The van der Waals surface area contributed by atoms with Crippen molar-refractivity contribution in [1.29, 1.82) is 0 Å². The first kappa shape index (κ1) is 12.0. The minimum Gasteiger partial charge on any atom is -0.493 e. The molecule has 3 nitrogen and oxygen atoms in total. The summed E-state index contributed by atoms with van der Waals surface area (Å²) in [7, 11) is 0. The van der Waals surface area contributed by atoms with E-state index in [1.54, 1.807) is 0 Å². The Bertz CT molecular complexity index is 413. The van der Waals surface area contributed by atoms with Crippen LogP contribution >= 0.6 is 0 Å². The van der Waals surface area contributed by atoms with Crippen LogP contribution in [-0.2, 0) is 0 Å². The molecular weight excluding hydrogens is 224 g/mol. The van der Waals surface area contributed by atoms with Gasteiger partial charge in [-0.2, -0.15) is 0 Å². The normalized spacial score (nSPS) is 30.8. The van der Waals surface area contributed by atoms with E-state index in [9.17, 15) is 0 Å². The third-order valence-corrected chi connectivity index (χ3v) is 4.23. The summed E-state index contributed by atoms with van der Waals surface area (Å²) in [4.78, 5) is 0. The number of hydrogen-bond donors (Lipinski definition) is 2. The van der Waals surface area contributed by atoms with Gasteiger partial charge in [0.25, 0.3) is 0 Å². The Morgan fingerprint density at radius 3 is 3.17 bits per heavy atom. The molecule has 1 aromatic rings. The predicted octanol–water partition coefficient (Wildman–Crippen LogP) is 1.89. The van der Waals surface area contributed by atoms with Gasteiger partial charge < -0.3 is 15.4 Å². The number of nitrogens with one attached hydrogen (secondary N) is 2. The topological polar surface area (TPSA) is 33.3 Å². The number of rotatable bonds is 3. The Morgan fingerprint density at radius 1 is 1.44 bits per heavy atom. The molecule has 2 aliphatic heterocycles. The van der Waals surface area contributed by atoms with Crippen LogP contribution in [0.4, 0.5) is 0 Å². The smallest absolute Gasteiger partial charge is 0.122 e. The Kier molecular flexibility index (Phi) is 3.27. The van der Waals surface area contributed by atoms with Gasteiger partial charge in [0, 0.05) is 24.5 Å². The highest BCUT2D eigenvalue weighted by Gasteiger charge is 2.30. The van der Waals surface area contributed by atoms with E-state index in [0.29, 0.717) is 5.92 Å². The van der Waals surface area contributed by atoms with Crippen LogP contribution in [0.2, 0.25) is 0 Å². The van der Waals surface area contributed by atoms with Gasteiger partial charge in [0.2, 0.25) is 0 Å². The van der Waals surface area contributed by atoms with E-state index in [1.165, 1.54) is 12.0 Å². The summed E-state index contributed by atoms with van der Waals surface area (Å²) in [6.45, 7) is 6.43. The van der Waals surface area contributed by atoms with Gasteiger partial charge in [-0.05, 0) is 37.9 Å². The molecule has 98 valence electrons. The van der Waals surface area contributed by atoms with E-state index in [1.807, 2.05) is 0 Å².